The number of ketones is 1. The first-order valence-corrected chi connectivity index (χ1v) is 4.77. The first-order valence-electron chi connectivity index (χ1n) is 4.77. The van der Waals surface area contributed by atoms with E-state index in [0.29, 0.717) is 11.3 Å². The lowest BCUT2D eigenvalue weighted by atomic mass is 9.89. The molecule has 0 aliphatic carbocycles. The zero-order valence-electron chi connectivity index (χ0n) is 8.28. The maximum Gasteiger partial charge on any atom is 0.269 e. The minimum atomic E-state index is -1.99. The van der Waals surface area contributed by atoms with Crippen molar-refractivity contribution in [3.63, 3.8) is 0 Å². The van der Waals surface area contributed by atoms with E-state index in [1.807, 2.05) is 0 Å². The van der Waals surface area contributed by atoms with Gasteiger partial charge in [0.25, 0.3) is 5.91 Å². The molecule has 1 heterocycles. The molecule has 1 aliphatic rings. The maximum atomic E-state index is 11.6. The summed E-state index contributed by atoms with van der Waals surface area (Å²) in [6.45, 7) is 1.62. The van der Waals surface area contributed by atoms with Crippen LogP contribution in [0.3, 0.4) is 0 Å². The number of para-hydroxylation sites is 1. The fourth-order valence-corrected chi connectivity index (χ4v) is 1.78. The van der Waals surface area contributed by atoms with Crippen LogP contribution in [0, 0.1) is 0 Å². The van der Waals surface area contributed by atoms with E-state index in [1.54, 1.807) is 31.2 Å². The molecule has 0 spiro atoms. The summed E-state index contributed by atoms with van der Waals surface area (Å²) in [4.78, 5) is 23.2. The van der Waals surface area contributed by atoms with Gasteiger partial charge >= 0.3 is 0 Å². The summed E-state index contributed by atoms with van der Waals surface area (Å²) in [7, 11) is 0. The quantitative estimate of drug-likeness (QED) is 0.702. The Morgan fingerprint density at radius 1 is 1.47 bits per heavy atom. The normalized spacial score (nSPS) is 23.5. The van der Waals surface area contributed by atoms with Crippen LogP contribution in [0.25, 0.3) is 0 Å². The van der Waals surface area contributed by atoms with E-state index in [2.05, 4.69) is 5.32 Å². The Morgan fingerprint density at radius 2 is 2.13 bits per heavy atom. The van der Waals surface area contributed by atoms with Gasteiger partial charge in [-0.15, -0.1) is 0 Å². The lowest BCUT2D eigenvalue weighted by Gasteiger charge is -2.17. The number of rotatable bonds is 2. The molecule has 1 unspecified atom stereocenters. The van der Waals surface area contributed by atoms with Crippen molar-refractivity contribution in [3.8, 4) is 0 Å². The highest BCUT2D eigenvalue weighted by Gasteiger charge is 2.50. The first-order chi connectivity index (χ1) is 7.10. The second kappa shape index (κ2) is 3.17. The van der Waals surface area contributed by atoms with Crippen molar-refractivity contribution in [1.29, 1.82) is 0 Å². The molecule has 1 aliphatic heterocycles. The number of amides is 1. The van der Waals surface area contributed by atoms with Crippen LogP contribution in [0.5, 0.6) is 0 Å². The Morgan fingerprint density at radius 3 is 2.80 bits per heavy atom. The Hall–Kier alpha value is -1.68. The second-order valence-corrected chi connectivity index (χ2v) is 3.49. The zero-order valence-corrected chi connectivity index (χ0v) is 8.28. The number of hydrogen-bond acceptors (Lipinski definition) is 3. The minimum absolute atomic E-state index is 0.123. The van der Waals surface area contributed by atoms with Crippen LogP contribution < -0.4 is 5.32 Å². The van der Waals surface area contributed by atoms with Crippen LogP contribution >= 0.6 is 0 Å². The number of fused-ring (bicyclic) bond motifs is 1. The monoisotopic (exact) mass is 205 g/mol. The molecule has 2 rings (SSSR count). The van der Waals surface area contributed by atoms with Crippen molar-refractivity contribution in [1.82, 2.24) is 0 Å². The summed E-state index contributed by atoms with van der Waals surface area (Å²) in [5, 5.41) is 12.6. The fourth-order valence-electron chi connectivity index (χ4n) is 1.78. The van der Waals surface area contributed by atoms with Gasteiger partial charge in [0.2, 0.25) is 5.60 Å². The molecule has 0 saturated heterocycles. The van der Waals surface area contributed by atoms with E-state index < -0.39 is 17.3 Å². The predicted octanol–water partition coefficient (Wildman–Crippen LogP) is 0.805. The lowest BCUT2D eigenvalue weighted by Crippen LogP contribution is -2.41. The van der Waals surface area contributed by atoms with E-state index in [1.165, 1.54) is 0 Å². The lowest BCUT2D eigenvalue weighted by molar-refractivity contribution is -0.148. The average Bonchev–Trinajstić information content (AvgIpc) is 2.52. The van der Waals surface area contributed by atoms with E-state index in [9.17, 15) is 14.7 Å². The van der Waals surface area contributed by atoms with E-state index >= 15 is 0 Å². The Labute approximate surface area is 86.9 Å². The largest absolute Gasteiger partial charge is 0.369 e. The Bertz CT molecular complexity index is 431. The van der Waals surface area contributed by atoms with Gasteiger partial charge in [0, 0.05) is 17.7 Å². The summed E-state index contributed by atoms with van der Waals surface area (Å²) in [6, 6.07) is 6.67. The molecular formula is C11H11NO3. The molecule has 15 heavy (non-hydrogen) atoms. The molecule has 4 heteroatoms. The molecule has 4 nitrogen and oxygen atoms in total. The topological polar surface area (TPSA) is 66.4 Å². The van der Waals surface area contributed by atoms with Gasteiger partial charge in [-0.2, -0.15) is 0 Å². The summed E-state index contributed by atoms with van der Waals surface area (Å²) in [6.07, 6.45) is 0.123. The standard InChI is InChI=1S/C11H11NO3/c1-2-9(13)11(15)7-5-3-4-6-8(7)12-10(11)14/h3-6,15H,2H2,1H3,(H,12,14). The van der Waals surface area contributed by atoms with Crippen molar-refractivity contribution < 1.29 is 14.7 Å². The number of Topliss-reactive ketones (excluding diaryl/α,β-unsaturated/α-hetero) is 1. The number of nitrogens with one attached hydrogen (secondary N) is 1. The van der Waals surface area contributed by atoms with Crippen molar-refractivity contribution in [2.45, 2.75) is 18.9 Å². The second-order valence-electron chi connectivity index (χ2n) is 3.49. The smallest absolute Gasteiger partial charge is 0.269 e. The van der Waals surface area contributed by atoms with Gasteiger partial charge in [-0.25, -0.2) is 0 Å². The van der Waals surface area contributed by atoms with Crippen LogP contribution in [0.15, 0.2) is 24.3 Å². The number of carbonyl (C=O) groups excluding carboxylic acids is 2. The SMILES string of the molecule is CCC(=O)C1(O)C(=O)Nc2ccccc21. The fraction of sp³-hybridized carbons (Fsp3) is 0.273. The Kier molecular flexibility index (Phi) is 2.08. The highest BCUT2D eigenvalue weighted by atomic mass is 16.3. The molecule has 1 amide bonds. The molecule has 2 N–H and O–H groups in total. The van der Waals surface area contributed by atoms with Gasteiger partial charge in [0.15, 0.2) is 5.78 Å². The average molecular weight is 205 g/mol. The molecule has 1 atom stereocenters. The van der Waals surface area contributed by atoms with Crippen molar-refractivity contribution in [2.75, 3.05) is 5.32 Å². The van der Waals surface area contributed by atoms with E-state index in [4.69, 9.17) is 0 Å². The van der Waals surface area contributed by atoms with E-state index in [0.717, 1.165) is 0 Å². The third-order valence-corrected chi connectivity index (χ3v) is 2.62. The van der Waals surface area contributed by atoms with Crippen molar-refractivity contribution in [3.05, 3.63) is 29.8 Å². The van der Waals surface area contributed by atoms with Crippen LogP contribution in [0.2, 0.25) is 0 Å². The number of carbonyl (C=O) groups is 2. The van der Waals surface area contributed by atoms with Crippen LogP contribution in [0.4, 0.5) is 5.69 Å². The maximum absolute atomic E-state index is 11.6. The summed E-state index contributed by atoms with van der Waals surface area (Å²) in [5.74, 6) is -1.14. The molecule has 1 aromatic carbocycles. The molecule has 0 saturated carbocycles. The third-order valence-electron chi connectivity index (χ3n) is 2.62. The number of hydrogen-bond donors (Lipinski definition) is 2. The molecular weight excluding hydrogens is 194 g/mol. The molecule has 0 fully saturated rings. The summed E-state index contributed by atoms with van der Waals surface area (Å²) in [5.41, 5.74) is -1.14. The summed E-state index contributed by atoms with van der Waals surface area (Å²) >= 11 is 0. The highest BCUT2D eigenvalue weighted by molar-refractivity contribution is 6.19. The molecule has 0 radical (unpaired) electrons. The van der Waals surface area contributed by atoms with E-state index in [-0.39, 0.29) is 6.42 Å². The number of aliphatic hydroxyl groups is 1. The zero-order chi connectivity index (χ0) is 11.1. The predicted molar refractivity (Wildman–Crippen MR) is 54.3 cm³/mol. The van der Waals surface area contributed by atoms with Crippen LogP contribution in [0.1, 0.15) is 18.9 Å². The summed E-state index contributed by atoms with van der Waals surface area (Å²) < 4.78 is 0. The highest BCUT2D eigenvalue weighted by Crippen LogP contribution is 2.36. The van der Waals surface area contributed by atoms with Crippen LogP contribution in [-0.2, 0) is 15.2 Å². The number of benzene rings is 1. The molecule has 78 valence electrons. The van der Waals surface area contributed by atoms with Gasteiger partial charge in [0.1, 0.15) is 0 Å². The molecule has 1 aromatic rings. The first kappa shape index (κ1) is 9.86. The van der Waals surface area contributed by atoms with Crippen LogP contribution in [-0.4, -0.2) is 16.8 Å². The van der Waals surface area contributed by atoms with Gasteiger partial charge in [0.05, 0.1) is 0 Å². The van der Waals surface area contributed by atoms with Gasteiger partial charge in [-0.05, 0) is 6.07 Å². The Balaban J connectivity index is 2.59. The molecule has 0 bridgehead atoms. The van der Waals surface area contributed by atoms with Gasteiger partial charge in [-0.3, -0.25) is 9.59 Å². The number of anilines is 1. The molecule has 0 aromatic heterocycles. The minimum Gasteiger partial charge on any atom is -0.369 e. The van der Waals surface area contributed by atoms with Crippen molar-refractivity contribution in [2.24, 2.45) is 0 Å². The van der Waals surface area contributed by atoms with Gasteiger partial charge in [-0.1, -0.05) is 25.1 Å². The third kappa shape index (κ3) is 1.18. The van der Waals surface area contributed by atoms with Gasteiger partial charge < -0.3 is 10.4 Å². The van der Waals surface area contributed by atoms with Crippen molar-refractivity contribution >= 4 is 17.4 Å².